The molecular formula is C11H16N2OS2. The lowest BCUT2D eigenvalue weighted by Gasteiger charge is -2.46. The van der Waals surface area contributed by atoms with Crippen LogP contribution in [-0.2, 0) is 4.74 Å². The summed E-state index contributed by atoms with van der Waals surface area (Å²) >= 11 is 3.57. The number of aromatic nitrogens is 1. The Morgan fingerprint density at radius 1 is 1.44 bits per heavy atom. The molecular weight excluding hydrogens is 240 g/mol. The van der Waals surface area contributed by atoms with Crippen molar-refractivity contribution in [2.45, 2.75) is 24.5 Å². The number of nitrogens with zero attached hydrogens (tertiary/aromatic N) is 1. The summed E-state index contributed by atoms with van der Waals surface area (Å²) in [6.07, 6.45) is 2.29. The van der Waals surface area contributed by atoms with E-state index in [0.717, 1.165) is 31.7 Å². The molecule has 0 radical (unpaired) electrons. The van der Waals surface area contributed by atoms with E-state index in [1.54, 1.807) is 0 Å². The Labute approximate surface area is 104 Å². The van der Waals surface area contributed by atoms with Crippen molar-refractivity contribution in [3.63, 3.8) is 0 Å². The molecule has 3 nitrogen and oxygen atoms in total. The van der Waals surface area contributed by atoms with Gasteiger partial charge >= 0.3 is 0 Å². The summed E-state index contributed by atoms with van der Waals surface area (Å²) in [6.45, 7) is 1.78. The van der Waals surface area contributed by atoms with Gasteiger partial charge < -0.3 is 10.1 Å². The van der Waals surface area contributed by atoms with E-state index >= 15 is 0 Å². The van der Waals surface area contributed by atoms with E-state index < -0.39 is 0 Å². The Balaban J connectivity index is 1.88. The van der Waals surface area contributed by atoms with Gasteiger partial charge in [-0.15, -0.1) is 0 Å². The van der Waals surface area contributed by atoms with Crippen LogP contribution < -0.4 is 5.32 Å². The van der Waals surface area contributed by atoms with E-state index in [0.29, 0.717) is 6.04 Å². The lowest BCUT2D eigenvalue weighted by Crippen LogP contribution is -2.54. The SMILES string of the molecule is c1cc(C2NCCOC23CCSCC3)ns1. The average Bonchev–Trinajstić information content (AvgIpc) is 2.84. The number of hydrogen-bond acceptors (Lipinski definition) is 5. The monoisotopic (exact) mass is 256 g/mol. The number of nitrogens with one attached hydrogen (secondary N) is 1. The van der Waals surface area contributed by atoms with Crippen LogP contribution in [0.2, 0.25) is 0 Å². The zero-order valence-electron chi connectivity index (χ0n) is 9.15. The molecule has 1 spiro atoms. The molecule has 1 aromatic heterocycles. The van der Waals surface area contributed by atoms with Crippen molar-refractivity contribution in [1.82, 2.24) is 9.69 Å². The predicted molar refractivity (Wildman–Crippen MR) is 68.1 cm³/mol. The molecule has 2 aliphatic rings. The molecule has 3 rings (SSSR count). The molecule has 2 aliphatic heterocycles. The Morgan fingerprint density at radius 2 is 2.31 bits per heavy atom. The molecule has 16 heavy (non-hydrogen) atoms. The van der Waals surface area contributed by atoms with Gasteiger partial charge in [0.2, 0.25) is 0 Å². The molecule has 0 aromatic carbocycles. The van der Waals surface area contributed by atoms with Crippen LogP contribution in [0.3, 0.4) is 0 Å². The Kier molecular flexibility index (Phi) is 3.20. The standard InChI is InChI=1S/C11H16N2OS2/c1-6-16-13-9(1)10-11(14-5-4-12-10)2-7-15-8-3-11/h1,6,10,12H,2-5,7-8H2. The van der Waals surface area contributed by atoms with Crippen LogP contribution in [0.1, 0.15) is 24.6 Å². The van der Waals surface area contributed by atoms with Gasteiger partial charge in [-0.3, -0.25) is 0 Å². The summed E-state index contributed by atoms with van der Waals surface area (Å²) in [5.41, 5.74) is 1.18. The van der Waals surface area contributed by atoms with Crippen LogP contribution in [-0.4, -0.2) is 34.6 Å². The molecule has 2 saturated heterocycles. The number of hydrogen-bond donors (Lipinski definition) is 1. The molecule has 88 valence electrons. The lowest BCUT2D eigenvalue weighted by atomic mass is 9.84. The number of thioether (sulfide) groups is 1. The van der Waals surface area contributed by atoms with Crippen LogP contribution in [0.25, 0.3) is 0 Å². The van der Waals surface area contributed by atoms with Crippen molar-refractivity contribution < 1.29 is 4.74 Å². The van der Waals surface area contributed by atoms with E-state index in [1.807, 2.05) is 11.8 Å². The third kappa shape index (κ3) is 1.90. The molecule has 5 heteroatoms. The number of rotatable bonds is 1. The van der Waals surface area contributed by atoms with Gasteiger partial charge in [-0.2, -0.15) is 16.1 Å². The van der Waals surface area contributed by atoms with Gasteiger partial charge in [0.15, 0.2) is 0 Å². The first-order chi connectivity index (χ1) is 7.91. The quantitative estimate of drug-likeness (QED) is 0.834. The fourth-order valence-corrected chi connectivity index (χ4v) is 4.35. The molecule has 3 heterocycles. The highest BCUT2D eigenvalue weighted by atomic mass is 32.2. The normalized spacial score (nSPS) is 29.4. The molecule has 1 atom stereocenters. The second kappa shape index (κ2) is 4.64. The van der Waals surface area contributed by atoms with Crippen LogP contribution in [0.15, 0.2) is 11.4 Å². The molecule has 0 saturated carbocycles. The molecule has 1 unspecified atom stereocenters. The van der Waals surface area contributed by atoms with Crippen molar-refractivity contribution >= 4 is 23.3 Å². The van der Waals surface area contributed by atoms with Crippen molar-refractivity contribution in [3.8, 4) is 0 Å². The summed E-state index contributed by atoms with van der Waals surface area (Å²) < 4.78 is 10.6. The molecule has 2 fully saturated rings. The largest absolute Gasteiger partial charge is 0.372 e. The minimum atomic E-state index is 0.0115. The van der Waals surface area contributed by atoms with Crippen LogP contribution in [0.4, 0.5) is 0 Å². The summed E-state index contributed by atoms with van der Waals surface area (Å²) in [4.78, 5) is 0. The van der Waals surface area contributed by atoms with E-state index in [-0.39, 0.29) is 5.60 Å². The molecule has 0 bridgehead atoms. The maximum atomic E-state index is 6.13. The Bertz CT molecular complexity index is 327. The first kappa shape index (κ1) is 11.0. The minimum absolute atomic E-state index is 0.0115. The fraction of sp³-hybridized carbons (Fsp3) is 0.727. The van der Waals surface area contributed by atoms with Crippen LogP contribution in [0, 0.1) is 0 Å². The van der Waals surface area contributed by atoms with Crippen LogP contribution >= 0.6 is 23.3 Å². The fourth-order valence-electron chi connectivity index (χ4n) is 2.62. The number of ether oxygens (including phenoxy) is 1. The molecule has 1 N–H and O–H groups in total. The summed E-state index contributed by atoms with van der Waals surface area (Å²) in [7, 11) is 0. The zero-order chi connectivity index (χ0) is 10.8. The Hall–Kier alpha value is -0.100. The third-order valence-electron chi connectivity index (χ3n) is 3.46. The summed E-state index contributed by atoms with van der Waals surface area (Å²) in [5, 5.41) is 5.64. The van der Waals surface area contributed by atoms with Crippen molar-refractivity contribution in [2.24, 2.45) is 0 Å². The second-order valence-corrected chi connectivity index (χ2v) is 6.23. The topological polar surface area (TPSA) is 34.1 Å². The summed E-state index contributed by atoms with van der Waals surface area (Å²) in [6, 6.07) is 2.42. The Morgan fingerprint density at radius 3 is 3.06 bits per heavy atom. The average molecular weight is 256 g/mol. The van der Waals surface area contributed by atoms with Gasteiger partial charge in [-0.25, -0.2) is 0 Å². The van der Waals surface area contributed by atoms with E-state index in [4.69, 9.17) is 4.74 Å². The maximum Gasteiger partial charge on any atom is 0.0908 e. The van der Waals surface area contributed by atoms with Crippen molar-refractivity contribution in [1.29, 1.82) is 0 Å². The lowest BCUT2D eigenvalue weighted by molar-refractivity contribution is -0.104. The first-order valence-electron chi connectivity index (χ1n) is 5.76. The van der Waals surface area contributed by atoms with Gasteiger partial charge in [-0.1, -0.05) is 0 Å². The van der Waals surface area contributed by atoms with Crippen molar-refractivity contribution in [3.05, 3.63) is 17.1 Å². The molecule has 1 aromatic rings. The van der Waals surface area contributed by atoms with Gasteiger partial charge in [0.05, 0.1) is 23.9 Å². The highest BCUT2D eigenvalue weighted by Crippen LogP contribution is 2.41. The second-order valence-electron chi connectivity index (χ2n) is 4.34. The van der Waals surface area contributed by atoms with E-state index in [2.05, 4.69) is 21.1 Å². The minimum Gasteiger partial charge on any atom is -0.372 e. The van der Waals surface area contributed by atoms with E-state index in [9.17, 15) is 0 Å². The highest BCUT2D eigenvalue weighted by molar-refractivity contribution is 7.99. The van der Waals surface area contributed by atoms with Crippen molar-refractivity contribution in [2.75, 3.05) is 24.7 Å². The molecule has 0 amide bonds. The van der Waals surface area contributed by atoms with Gasteiger partial charge in [0.25, 0.3) is 0 Å². The van der Waals surface area contributed by atoms with Gasteiger partial charge in [-0.05, 0) is 41.9 Å². The van der Waals surface area contributed by atoms with Gasteiger partial charge in [0, 0.05) is 11.9 Å². The summed E-state index contributed by atoms with van der Waals surface area (Å²) in [5.74, 6) is 2.42. The predicted octanol–water partition coefficient (Wildman–Crippen LogP) is 2.07. The smallest absolute Gasteiger partial charge is 0.0908 e. The maximum absolute atomic E-state index is 6.13. The third-order valence-corrected chi connectivity index (χ3v) is 5.02. The van der Waals surface area contributed by atoms with Crippen LogP contribution in [0.5, 0.6) is 0 Å². The number of morpholine rings is 1. The zero-order valence-corrected chi connectivity index (χ0v) is 10.8. The first-order valence-corrected chi connectivity index (χ1v) is 7.75. The highest BCUT2D eigenvalue weighted by Gasteiger charge is 2.44. The van der Waals surface area contributed by atoms with Gasteiger partial charge in [0.1, 0.15) is 0 Å². The molecule has 0 aliphatic carbocycles. The van der Waals surface area contributed by atoms with E-state index in [1.165, 1.54) is 23.0 Å².